The molecule has 0 radical (unpaired) electrons. The van der Waals surface area contributed by atoms with Gasteiger partial charge in [-0.15, -0.1) is 0 Å². The van der Waals surface area contributed by atoms with Crippen LogP contribution in [-0.2, 0) is 12.0 Å². The third kappa shape index (κ3) is 1.34. The lowest BCUT2D eigenvalue weighted by Crippen LogP contribution is -2.21. The molecule has 1 nitrogen and oxygen atoms in total. The molecule has 76 valence electrons. The van der Waals surface area contributed by atoms with Gasteiger partial charge >= 0.3 is 0 Å². The standard InChI is InChI=1S/C12H15FO/c1-2-7-12(14)8-6-9-10(12)4-3-5-11(9)13/h3-5,14H,2,6-8H2,1H3. The van der Waals surface area contributed by atoms with Gasteiger partial charge in [-0.25, -0.2) is 4.39 Å². The van der Waals surface area contributed by atoms with E-state index in [4.69, 9.17) is 0 Å². The van der Waals surface area contributed by atoms with Crippen molar-refractivity contribution in [1.29, 1.82) is 0 Å². The van der Waals surface area contributed by atoms with Crippen LogP contribution in [0.4, 0.5) is 4.39 Å². The summed E-state index contributed by atoms with van der Waals surface area (Å²) in [6, 6.07) is 5.00. The largest absolute Gasteiger partial charge is 0.385 e. The highest BCUT2D eigenvalue weighted by Gasteiger charge is 2.36. The summed E-state index contributed by atoms with van der Waals surface area (Å²) in [7, 11) is 0. The Bertz CT molecular complexity index is 348. The van der Waals surface area contributed by atoms with Gasteiger partial charge in [-0.2, -0.15) is 0 Å². The van der Waals surface area contributed by atoms with Crippen LogP contribution >= 0.6 is 0 Å². The predicted molar refractivity (Wildman–Crippen MR) is 53.5 cm³/mol. The minimum atomic E-state index is -0.772. The van der Waals surface area contributed by atoms with E-state index in [0.717, 1.165) is 18.4 Å². The van der Waals surface area contributed by atoms with Gasteiger partial charge in [-0.05, 0) is 36.5 Å². The van der Waals surface area contributed by atoms with E-state index in [1.807, 2.05) is 13.0 Å². The number of benzene rings is 1. The number of hydrogen-bond donors (Lipinski definition) is 1. The van der Waals surface area contributed by atoms with E-state index in [0.29, 0.717) is 18.4 Å². The van der Waals surface area contributed by atoms with Gasteiger partial charge in [0.1, 0.15) is 5.82 Å². The maximum atomic E-state index is 13.4. The number of hydrogen-bond acceptors (Lipinski definition) is 1. The Labute approximate surface area is 83.6 Å². The molecular weight excluding hydrogens is 179 g/mol. The first kappa shape index (κ1) is 9.66. The van der Waals surface area contributed by atoms with E-state index in [-0.39, 0.29) is 5.82 Å². The van der Waals surface area contributed by atoms with Crippen LogP contribution < -0.4 is 0 Å². The number of halogens is 1. The first-order valence-corrected chi connectivity index (χ1v) is 5.17. The molecule has 0 bridgehead atoms. The van der Waals surface area contributed by atoms with Crippen LogP contribution in [0, 0.1) is 5.82 Å². The van der Waals surface area contributed by atoms with Crippen molar-refractivity contribution < 1.29 is 9.50 Å². The second kappa shape index (κ2) is 3.35. The molecule has 0 aromatic heterocycles. The van der Waals surface area contributed by atoms with Crippen molar-refractivity contribution in [3.8, 4) is 0 Å². The predicted octanol–water partition coefficient (Wildman–Crippen LogP) is 2.76. The molecule has 2 rings (SSSR count). The van der Waals surface area contributed by atoms with Crippen LogP contribution in [0.25, 0.3) is 0 Å². The average Bonchev–Trinajstić information content (AvgIpc) is 2.47. The van der Waals surface area contributed by atoms with Gasteiger partial charge in [-0.3, -0.25) is 0 Å². The Kier molecular flexibility index (Phi) is 2.31. The van der Waals surface area contributed by atoms with Crippen LogP contribution in [0.3, 0.4) is 0 Å². The van der Waals surface area contributed by atoms with Crippen LogP contribution in [0.5, 0.6) is 0 Å². The second-order valence-electron chi connectivity index (χ2n) is 4.05. The second-order valence-corrected chi connectivity index (χ2v) is 4.05. The topological polar surface area (TPSA) is 20.2 Å². The number of aliphatic hydroxyl groups is 1. The number of rotatable bonds is 2. The molecule has 1 aliphatic carbocycles. The zero-order valence-corrected chi connectivity index (χ0v) is 8.39. The summed E-state index contributed by atoms with van der Waals surface area (Å²) in [6.07, 6.45) is 2.98. The molecule has 14 heavy (non-hydrogen) atoms. The maximum Gasteiger partial charge on any atom is 0.126 e. The molecule has 0 amide bonds. The smallest absolute Gasteiger partial charge is 0.126 e. The molecule has 0 heterocycles. The van der Waals surface area contributed by atoms with Crippen LogP contribution in [0.15, 0.2) is 18.2 Å². The molecule has 0 aliphatic heterocycles. The molecule has 1 aromatic carbocycles. The van der Waals surface area contributed by atoms with E-state index in [1.165, 1.54) is 6.07 Å². The summed E-state index contributed by atoms with van der Waals surface area (Å²) in [5.41, 5.74) is 0.745. The molecule has 1 aromatic rings. The molecule has 0 spiro atoms. The Morgan fingerprint density at radius 3 is 3.00 bits per heavy atom. The summed E-state index contributed by atoms with van der Waals surface area (Å²) in [4.78, 5) is 0. The average molecular weight is 194 g/mol. The lowest BCUT2D eigenvalue weighted by molar-refractivity contribution is 0.0287. The highest BCUT2D eigenvalue weighted by atomic mass is 19.1. The van der Waals surface area contributed by atoms with Crippen molar-refractivity contribution in [3.63, 3.8) is 0 Å². The van der Waals surface area contributed by atoms with Gasteiger partial charge in [0.2, 0.25) is 0 Å². The van der Waals surface area contributed by atoms with Crippen molar-refractivity contribution in [2.45, 2.75) is 38.2 Å². The van der Waals surface area contributed by atoms with Crippen LogP contribution in [0.1, 0.15) is 37.3 Å². The first-order chi connectivity index (χ1) is 6.67. The van der Waals surface area contributed by atoms with Crippen LogP contribution in [-0.4, -0.2) is 5.11 Å². The zero-order valence-electron chi connectivity index (χ0n) is 8.39. The van der Waals surface area contributed by atoms with Gasteiger partial charge in [0.25, 0.3) is 0 Å². The van der Waals surface area contributed by atoms with Gasteiger partial charge in [-0.1, -0.05) is 25.5 Å². The molecular formula is C12H15FO. The fraction of sp³-hybridized carbons (Fsp3) is 0.500. The minimum absolute atomic E-state index is 0.172. The van der Waals surface area contributed by atoms with Crippen molar-refractivity contribution in [2.24, 2.45) is 0 Å². The van der Waals surface area contributed by atoms with E-state index < -0.39 is 5.60 Å². The molecule has 1 aliphatic rings. The molecule has 1 N–H and O–H groups in total. The van der Waals surface area contributed by atoms with Crippen LogP contribution in [0.2, 0.25) is 0 Å². The summed E-state index contributed by atoms with van der Waals surface area (Å²) < 4.78 is 13.4. The monoisotopic (exact) mass is 194 g/mol. The fourth-order valence-corrected chi connectivity index (χ4v) is 2.39. The first-order valence-electron chi connectivity index (χ1n) is 5.17. The molecule has 0 saturated carbocycles. The van der Waals surface area contributed by atoms with Crippen molar-refractivity contribution in [2.75, 3.05) is 0 Å². The normalized spacial score (nSPS) is 25.1. The fourth-order valence-electron chi connectivity index (χ4n) is 2.39. The third-order valence-electron chi connectivity index (χ3n) is 3.07. The van der Waals surface area contributed by atoms with E-state index in [2.05, 4.69) is 0 Å². The molecule has 0 fully saturated rings. The number of fused-ring (bicyclic) bond motifs is 1. The van der Waals surface area contributed by atoms with E-state index >= 15 is 0 Å². The van der Waals surface area contributed by atoms with Gasteiger partial charge < -0.3 is 5.11 Å². The summed E-state index contributed by atoms with van der Waals surface area (Å²) in [5.74, 6) is -0.172. The van der Waals surface area contributed by atoms with Gasteiger partial charge in [0.15, 0.2) is 0 Å². The Balaban J connectivity index is 2.44. The SMILES string of the molecule is CCCC1(O)CCc2c(F)cccc21. The lowest BCUT2D eigenvalue weighted by Gasteiger charge is -2.23. The van der Waals surface area contributed by atoms with Gasteiger partial charge in [0.05, 0.1) is 5.60 Å². The lowest BCUT2D eigenvalue weighted by atomic mass is 9.91. The Morgan fingerprint density at radius 1 is 1.50 bits per heavy atom. The summed E-state index contributed by atoms with van der Waals surface area (Å²) in [6.45, 7) is 2.04. The quantitative estimate of drug-likeness (QED) is 0.767. The van der Waals surface area contributed by atoms with Crippen molar-refractivity contribution in [1.82, 2.24) is 0 Å². The Morgan fingerprint density at radius 2 is 2.29 bits per heavy atom. The highest BCUT2D eigenvalue weighted by Crippen LogP contribution is 2.40. The molecule has 2 heteroatoms. The third-order valence-corrected chi connectivity index (χ3v) is 3.07. The summed E-state index contributed by atoms with van der Waals surface area (Å²) in [5, 5.41) is 10.3. The molecule has 1 atom stereocenters. The zero-order chi connectivity index (χ0) is 10.2. The van der Waals surface area contributed by atoms with Crippen molar-refractivity contribution in [3.05, 3.63) is 35.1 Å². The van der Waals surface area contributed by atoms with E-state index in [9.17, 15) is 9.50 Å². The minimum Gasteiger partial charge on any atom is -0.385 e. The van der Waals surface area contributed by atoms with E-state index in [1.54, 1.807) is 6.07 Å². The highest BCUT2D eigenvalue weighted by molar-refractivity contribution is 5.38. The molecule has 0 saturated heterocycles. The molecule has 1 unspecified atom stereocenters. The maximum absolute atomic E-state index is 13.4. The van der Waals surface area contributed by atoms with Gasteiger partial charge in [0, 0.05) is 0 Å². The van der Waals surface area contributed by atoms with Crippen molar-refractivity contribution >= 4 is 0 Å². The summed E-state index contributed by atoms with van der Waals surface area (Å²) >= 11 is 0. The Hall–Kier alpha value is -0.890.